The summed E-state index contributed by atoms with van der Waals surface area (Å²) in [6.45, 7) is 5.62. The molecule has 2 aromatic rings. The third-order valence-electron chi connectivity index (χ3n) is 7.08. The number of aromatic nitrogens is 3. The van der Waals surface area contributed by atoms with E-state index in [0.717, 1.165) is 55.8 Å². The number of likely N-dealkylation sites (tertiary alicyclic amines) is 2. The van der Waals surface area contributed by atoms with Crippen molar-refractivity contribution in [1.29, 1.82) is 0 Å². The van der Waals surface area contributed by atoms with E-state index >= 15 is 0 Å². The van der Waals surface area contributed by atoms with E-state index in [1.165, 1.54) is 12.8 Å². The first-order chi connectivity index (χ1) is 16.1. The number of fused-ring (bicyclic) bond motifs is 1. The van der Waals surface area contributed by atoms with Crippen LogP contribution in [0.1, 0.15) is 67.3 Å². The first-order valence-corrected chi connectivity index (χ1v) is 12.2. The van der Waals surface area contributed by atoms with Crippen molar-refractivity contribution >= 4 is 17.6 Å². The number of rotatable bonds is 5. The van der Waals surface area contributed by atoms with Crippen molar-refractivity contribution in [2.75, 3.05) is 31.1 Å². The molecule has 0 spiro atoms. The summed E-state index contributed by atoms with van der Waals surface area (Å²) < 4.78 is 0. The predicted octanol–water partition coefficient (Wildman–Crippen LogP) is 2.81. The fourth-order valence-corrected chi connectivity index (χ4v) is 5.29. The van der Waals surface area contributed by atoms with Gasteiger partial charge < -0.3 is 4.90 Å². The number of aryl methyl sites for hydroxylation is 1. The van der Waals surface area contributed by atoms with Gasteiger partial charge in [-0.2, -0.15) is 0 Å². The largest absolute Gasteiger partial charge is 0.331 e. The highest BCUT2D eigenvalue weighted by molar-refractivity contribution is 5.95. The molecule has 2 saturated heterocycles. The minimum atomic E-state index is -0.133. The SMILES string of the molecule is Cc1nc([C@@H]2CCCCN2C(=O)CN2CCCC2)nc2c1CCC(=O)N2Cc1ccccn1. The molecule has 8 heteroatoms. The summed E-state index contributed by atoms with van der Waals surface area (Å²) in [4.78, 5) is 46.3. The summed E-state index contributed by atoms with van der Waals surface area (Å²) in [6, 6.07) is 5.60. The minimum Gasteiger partial charge on any atom is -0.331 e. The summed E-state index contributed by atoms with van der Waals surface area (Å²) in [5.41, 5.74) is 2.77. The van der Waals surface area contributed by atoms with Crippen LogP contribution in [0.25, 0.3) is 0 Å². The van der Waals surface area contributed by atoms with E-state index in [-0.39, 0.29) is 17.9 Å². The van der Waals surface area contributed by atoms with Crippen molar-refractivity contribution in [1.82, 2.24) is 24.8 Å². The number of anilines is 1. The molecule has 0 bridgehead atoms. The predicted molar refractivity (Wildman–Crippen MR) is 124 cm³/mol. The Bertz CT molecular complexity index is 1020. The van der Waals surface area contributed by atoms with Crippen molar-refractivity contribution in [2.45, 2.75) is 64.5 Å². The molecule has 8 nitrogen and oxygen atoms in total. The van der Waals surface area contributed by atoms with Crippen LogP contribution in [0.15, 0.2) is 24.4 Å². The Morgan fingerprint density at radius 2 is 1.88 bits per heavy atom. The molecule has 0 aromatic carbocycles. The molecule has 2 aromatic heterocycles. The summed E-state index contributed by atoms with van der Waals surface area (Å²) in [7, 11) is 0. The Morgan fingerprint density at radius 3 is 2.67 bits per heavy atom. The molecule has 3 aliphatic rings. The fraction of sp³-hybridized carbons (Fsp3) is 0.560. The van der Waals surface area contributed by atoms with Crippen LogP contribution in [0.2, 0.25) is 0 Å². The maximum absolute atomic E-state index is 13.2. The average molecular weight is 449 g/mol. The number of nitrogens with zero attached hydrogens (tertiary/aromatic N) is 6. The molecule has 0 aliphatic carbocycles. The quantitative estimate of drug-likeness (QED) is 0.700. The van der Waals surface area contributed by atoms with Crippen molar-refractivity contribution in [3.05, 3.63) is 47.2 Å². The Balaban J connectivity index is 1.45. The van der Waals surface area contributed by atoms with Gasteiger partial charge in [0, 0.05) is 30.4 Å². The lowest BCUT2D eigenvalue weighted by atomic mass is 9.99. The smallest absolute Gasteiger partial charge is 0.237 e. The standard InChI is InChI=1S/C25H32N6O2/c1-18-20-10-11-22(32)31(16-19-8-2-4-12-26-19)25(20)28-24(27-18)21-9-3-5-15-30(21)23(33)17-29-13-6-7-14-29/h2,4,8,12,21H,3,5-7,9-11,13-17H2,1H3/t21-/m0/s1. The average Bonchev–Trinajstić information content (AvgIpc) is 3.34. The van der Waals surface area contributed by atoms with Gasteiger partial charge in [0.1, 0.15) is 5.82 Å². The molecule has 1 atom stereocenters. The number of piperidine rings is 1. The van der Waals surface area contributed by atoms with E-state index in [4.69, 9.17) is 9.97 Å². The molecule has 5 rings (SSSR count). The van der Waals surface area contributed by atoms with Crippen LogP contribution in [-0.4, -0.2) is 62.7 Å². The van der Waals surface area contributed by atoms with E-state index in [1.807, 2.05) is 30.0 Å². The van der Waals surface area contributed by atoms with Gasteiger partial charge in [0.25, 0.3) is 0 Å². The van der Waals surface area contributed by atoms with Crippen LogP contribution in [0.4, 0.5) is 5.82 Å². The third-order valence-corrected chi connectivity index (χ3v) is 7.08. The van der Waals surface area contributed by atoms with E-state index in [9.17, 15) is 9.59 Å². The van der Waals surface area contributed by atoms with Gasteiger partial charge in [-0.05, 0) is 70.7 Å². The second-order valence-electron chi connectivity index (χ2n) is 9.35. The monoisotopic (exact) mass is 448 g/mol. The topological polar surface area (TPSA) is 82.5 Å². The molecule has 0 N–H and O–H groups in total. The Labute approximate surface area is 195 Å². The van der Waals surface area contributed by atoms with Crippen LogP contribution in [0.5, 0.6) is 0 Å². The van der Waals surface area contributed by atoms with Gasteiger partial charge in [-0.3, -0.25) is 24.4 Å². The van der Waals surface area contributed by atoms with Crippen molar-refractivity contribution in [2.24, 2.45) is 0 Å². The lowest BCUT2D eigenvalue weighted by Crippen LogP contribution is -2.44. The number of pyridine rings is 1. The van der Waals surface area contributed by atoms with Crippen LogP contribution in [-0.2, 0) is 22.6 Å². The molecular formula is C25H32N6O2. The molecule has 2 amide bonds. The van der Waals surface area contributed by atoms with Crippen molar-refractivity contribution < 1.29 is 9.59 Å². The molecule has 2 fully saturated rings. The summed E-state index contributed by atoms with van der Waals surface area (Å²) in [5.74, 6) is 1.59. The molecule has 3 aliphatic heterocycles. The van der Waals surface area contributed by atoms with Crippen LogP contribution >= 0.6 is 0 Å². The van der Waals surface area contributed by atoms with E-state index in [2.05, 4.69) is 9.88 Å². The lowest BCUT2D eigenvalue weighted by molar-refractivity contribution is -0.136. The Hall–Kier alpha value is -2.87. The molecule has 0 saturated carbocycles. The number of amides is 2. The van der Waals surface area contributed by atoms with Crippen LogP contribution in [0.3, 0.4) is 0 Å². The number of hydrogen-bond acceptors (Lipinski definition) is 6. The lowest BCUT2D eigenvalue weighted by Gasteiger charge is -2.37. The van der Waals surface area contributed by atoms with Gasteiger partial charge in [0.05, 0.1) is 24.8 Å². The molecule has 0 radical (unpaired) electrons. The second-order valence-corrected chi connectivity index (χ2v) is 9.35. The zero-order valence-electron chi connectivity index (χ0n) is 19.4. The zero-order valence-corrected chi connectivity index (χ0v) is 19.4. The maximum Gasteiger partial charge on any atom is 0.237 e. The molecule has 33 heavy (non-hydrogen) atoms. The normalized spacial score (nSPS) is 21.4. The highest BCUT2D eigenvalue weighted by atomic mass is 16.2. The molecular weight excluding hydrogens is 416 g/mol. The van der Waals surface area contributed by atoms with Crippen molar-refractivity contribution in [3.8, 4) is 0 Å². The summed E-state index contributed by atoms with van der Waals surface area (Å²) >= 11 is 0. The number of carbonyl (C=O) groups is 2. The Morgan fingerprint density at radius 1 is 1.06 bits per heavy atom. The van der Waals surface area contributed by atoms with Gasteiger partial charge in [0.2, 0.25) is 11.8 Å². The van der Waals surface area contributed by atoms with E-state index in [0.29, 0.717) is 37.6 Å². The molecule has 0 unspecified atom stereocenters. The van der Waals surface area contributed by atoms with Gasteiger partial charge in [0.15, 0.2) is 5.82 Å². The Kier molecular flexibility index (Phi) is 6.35. The summed E-state index contributed by atoms with van der Waals surface area (Å²) in [5, 5.41) is 0. The summed E-state index contributed by atoms with van der Waals surface area (Å²) in [6.07, 6.45) is 8.11. The highest BCUT2D eigenvalue weighted by Crippen LogP contribution is 2.34. The first-order valence-electron chi connectivity index (χ1n) is 12.2. The van der Waals surface area contributed by atoms with Gasteiger partial charge in [-0.15, -0.1) is 0 Å². The molecule has 174 valence electrons. The van der Waals surface area contributed by atoms with Crippen LogP contribution in [0, 0.1) is 6.92 Å². The minimum absolute atomic E-state index is 0.0582. The van der Waals surface area contributed by atoms with E-state index < -0.39 is 0 Å². The maximum atomic E-state index is 13.2. The van der Waals surface area contributed by atoms with Crippen LogP contribution < -0.4 is 4.90 Å². The first kappa shape index (κ1) is 21.9. The van der Waals surface area contributed by atoms with E-state index in [1.54, 1.807) is 11.1 Å². The number of carbonyl (C=O) groups excluding carboxylic acids is 2. The third kappa shape index (κ3) is 4.62. The molecule has 5 heterocycles. The zero-order chi connectivity index (χ0) is 22.8. The van der Waals surface area contributed by atoms with Crippen molar-refractivity contribution in [3.63, 3.8) is 0 Å². The number of hydrogen-bond donors (Lipinski definition) is 0. The highest BCUT2D eigenvalue weighted by Gasteiger charge is 2.34. The fourth-order valence-electron chi connectivity index (χ4n) is 5.29. The van der Waals surface area contributed by atoms with Gasteiger partial charge >= 0.3 is 0 Å². The van der Waals surface area contributed by atoms with Gasteiger partial charge in [-0.25, -0.2) is 9.97 Å². The van der Waals surface area contributed by atoms with Gasteiger partial charge in [-0.1, -0.05) is 6.07 Å². The second kappa shape index (κ2) is 9.55.